The Labute approximate surface area is 123 Å². The molecule has 0 radical (unpaired) electrons. The Hall–Kier alpha value is -1.82. The van der Waals surface area contributed by atoms with Crippen molar-refractivity contribution in [1.82, 2.24) is 15.2 Å². The highest BCUT2D eigenvalue weighted by Gasteiger charge is 2.46. The molecular weight excluding hydrogens is 268 g/mol. The lowest BCUT2D eigenvalue weighted by Gasteiger charge is -2.27. The largest absolute Gasteiger partial charge is 0.487 e. The van der Waals surface area contributed by atoms with Gasteiger partial charge in [0.05, 0.1) is 11.1 Å². The third-order valence-corrected chi connectivity index (χ3v) is 4.72. The summed E-state index contributed by atoms with van der Waals surface area (Å²) in [7, 11) is 1.94. The van der Waals surface area contributed by atoms with Crippen LogP contribution in [0.4, 0.5) is 5.82 Å². The lowest BCUT2D eigenvalue weighted by molar-refractivity contribution is 0.0788. The fourth-order valence-corrected chi connectivity index (χ4v) is 3.05. The van der Waals surface area contributed by atoms with Crippen molar-refractivity contribution < 1.29 is 9.53 Å². The van der Waals surface area contributed by atoms with Crippen molar-refractivity contribution in [2.24, 2.45) is 0 Å². The minimum atomic E-state index is 0.0401. The molecule has 2 fully saturated rings. The van der Waals surface area contributed by atoms with E-state index in [4.69, 9.17) is 4.74 Å². The number of nitrogens with zero attached hydrogens (tertiary/aromatic N) is 2. The van der Waals surface area contributed by atoms with Gasteiger partial charge in [-0.1, -0.05) is 0 Å². The molecule has 1 aromatic heterocycles. The lowest BCUT2D eigenvalue weighted by atomic mass is 10.2. The van der Waals surface area contributed by atoms with E-state index in [9.17, 15) is 4.79 Å². The molecule has 112 valence electrons. The summed E-state index contributed by atoms with van der Waals surface area (Å²) in [4.78, 5) is 18.8. The Morgan fingerprint density at radius 3 is 3.14 bits per heavy atom. The minimum absolute atomic E-state index is 0.0401. The molecule has 1 saturated carbocycles. The summed E-state index contributed by atoms with van der Waals surface area (Å²) >= 11 is 0. The molecule has 4 rings (SSSR count). The van der Waals surface area contributed by atoms with E-state index < -0.39 is 0 Å². The molecule has 6 nitrogen and oxygen atoms in total. The van der Waals surface area contributed by atoms with Gasteiger partial charge in [-0.25, -0.2) is 4.98 Å². The van der Waals surface area contributed by atoms with Crippen molar-refractivity contribution >= 4 is 11.7 Å². The highest BCUT2D eigenvalue weighted by Crippen LogP contribution is 2.44. The van der Waals surface area contributed by atoms with Crippen LogP contribution in [0.25, 0.3) is 0 Å². The van der Waals surface area contributed by atoms with Gasteiger partial charge in [0.1, 0.15) is 6.61 Å². The second kappa shape index (κ2) is 4.59. The maximum Gasteiger partial charge on any atom is 0.255 e. The van der Waals surface area contributed by atoms with Gasteiger partial charge in [-0.15, -0.1) is 0 Å². The number of anilines is 1. The molecule has 2 N–H and O–H groups in total. The molecule has 1 spiro atoms. The number of aromatic nitrogens is 1. The highest BCUT2D eigenvalue weighted by molar-refractivity contribution is 5.95. The van der Waals surface area contributed by atoms with Gasteiger partial charge < -0.3 is 20.3 Å². The molecule has 3 heterocycles. The van der Waals surface area contributed by atoms with Gasteiger partial charge in [0.25, 0.3) is 5.91 Å². The van der Waals surface area contributed by atoms with E-state index in [1.165, 1.54) is 0 Å². The molecular formula is C15H20N4O2. The van der Waals surface area contributed by atoms with Crippen LogP contribution in [-0.4, -0.2) is 54.1 Å². The summed E-state index contributed by atoms with van der Waals surface area (Å²) < 4.78 is 5.79. The van der Waals surface area contributed by atoms with Crippen LogP contribution < -0.4 is 15.4 Å². The summed E-state index contributed by atoms with van der Waals surface area (Å²) in [5.41, 5.74) is 0.722. The third-order valence-electron chi connectivity index (χ3n) is 4.72. The van der Waals surface area contributed by atoms with Gasteiger partial charge in [-0.3, -0.25) is 4.79 Å². The number of ether oxygens (including phenoxy) is 1. The average Bonchev–Trinajstić information content (AvgIpc) is 3.09. The zero-order valence-corrected chi connectivity index (χ0v) is 12.2. The molecule has 1 amide bonds. The Morgan fingerprint density at radius 2 is 2.43 bits per heavy atom. The second-order valence-electron chi connectivity index (χ2n) is 6.29. The van der Waals surface area contributed by atoms with Crippen molar-refractivity contribution in [3.05, 3.63) is 17.8 Å². The average molecular weight is 288 g/mol. The maximum absolute atomic E-state index is 12.5. The van der Waals surface area contributed by atoms with E-state index in [0.29, 0.717) is 24.0 Å². The quantitative estimate of drug-likeness (QED) is 0.844. The van der Waals surface area contributed by atoms with E-state index in [-0.39, 0.29) is 11.4 Å². The molecule has 1 atom stereocenters. The van der Waals surface area contributed by atoms with Gasteiger partial charge in [0, 0.05) is 25.3 Å². The molecule has 0 unspecified atom stereocenters. The maximum atomic E-state index is 12.5. The Morgan fingerprint density at radius 1 is 1.57 bits per heavy atom. The van der Waals surface area contributed by atoms with Gasteiger partial charge in [0.15, 0.2) is 11.6 Å². The fourth-order valence-electron chi connectivity index (χ4n) is 3.05. The summed E-state index contributed by atoms with van der Waals surface area (Å²) in [6, 6.07) is 2.21. The number of hydrogen-bond donors (Lipinski definition) is 2. The molecule has 0 bridgehead atoms. The first-order chi connectivity index (χ1) is 10.2. The highest BCUT2D eigenvalue weighted by atomic mass is 16.5. The molecule has 21 heavy (non-hydrogen) atoms. The number of hydrogen-bond acceptors (Lipinski definition) is 5. The summed E-state index contributed by atoms with van der Waals surface area (Å²) in [6.45, 7) is 2.23. The summed E-state index contributed by atoms with van der Waals surface area (Å²) in [5, 5.41) is 6.65. The first-order valence-electron chi connectivity index (χ1n) is 7.57. The number of carbonyl (C=O) groups is 1. The second-order valence-corrected chi connectivity index (χ2v) is 6.29. The van der Waals surface area contributed by atoms with E-state index in [1.54, 1.807) is 6.20 Å². The lowest BCUT2D eigenvalue weighted by Crippen LogP contribution is -2.35. The predicted octanol–water partition coefficient (Wildman–Crippen LogP) is 0.852. The number of nitrogens with one attached hydrogen (secondary N) is 2. The van der Waals surface area contributed by atoms with Crippen molar-refractivity contribution in [2.75, 3.05) is 32.1 Å². The topological polar surface area (TPSA) is 66.5 Å². The van der Waals surface area contributed by atoms with E-state index in [2.05, 4.69) is 15.6 Å². The van der Waals surface area contributed by atoms with Crippen molar-refractivity contribution in [2.45, 2.75) is 30.8 Å². The Kier molecular flexibility index (Phi) is 2.82. The number of pyridine rings is 1. The number of carbonyl (C=O) groups excluding carboxylic acids is 1. The van der Waals surface area contributed by atoms with Crippen LogP contribution in [0.2, 0.25) is 0 Å². The predicted molar refractivity (Wildman–Crippen MR) is 78.7 cm³/mol. The third kappa shape index (κ3) is 2.23. The fraction of sp³-hybridized carbons (Fsp3) is 0.600. The standard InChI is InChI=1S/C15H20N4O2/c1-16-11-2-5-19(8-11)14(20)10-6-12-13(17-7-10)18-15(3-4-15)9-21-12/h6-7,11,16H,2-5,8-9H2,1H3,(H,17,18)/t11-/m0/s1. The van der Waals surface area contributed by atoms with Gasteiger partial charge >= 0.3 is 0 Å². The number of rotatable bonds is 2. The van der Waals surface area contributed by atoms with Crippen LogP contribution >= 0.6 is 0 Å². The minimum Gasteiger partial charge on any atom is -0.487 e. The normalized spacial score (nSPS) is 25.2. The molecule has 1 aliphatic carbocycles. The van der Waals surface area contributed by atoms with E-state index in [1.807, 2.05) is 18.0 Å². The van der Waals surface area contributed by atoms with Crippen molar-refractivity contribution in [3.8, 4) is 5.75 Å². The van der Waals surface area contributed by atoms with Crippen LogP contribution in [0.3, 0.4) is 0 Å². The zero-order valence-electron chi connectivity index (χ0n) is 12.2. The molecule has 1 aromatic rings. The van der Waals surface area contributed by atoms with Crippen LogP contribution in [0.15, 0.2) is 12.3 Å². The summed E-state index contributed by atoms with van der Waals surface area (Å²) in [5.74, 6) is 1.51. The Bertz CT molecular complexity index is 585. The number of amides is 1. The molecule has 3 aliphatic rings. The van der Waals surface area contributed by atoms with Crippen LogP contribution in [0.1, 0.15) is 29.6 Å². The number of likely N-dealkylation sites (tertiary alicyclic amines) is 1. The SMILES string of the molecule is CN[C@H]1CCN(C(=O)c2cnc3c(c2)OCC2(CC2)N3)C1. The van der Waals surface area contributed by atoms with Crippen molar-refractivity contribution in [3.63, 3.8) is 0 Å². The number of likely N-dealkylation sites (N-methyl/N-ethyl adjacent to an activating group) is 1. The van der Waals surface area contributed by atoms with Gasteiger partial charge in [-0.05, 0) is 32.4 Å². The van der Waals surface area contributed by atoms with Crippen LogP contribution in [0.5, 0.6) is 5.75 Å². The van der Waals surface area contributed by atoms with E-state index >= 15 is 0 Å². The molecule has 0 aromatic carbocycles. The molecule has 1 saturated heterocycles. The van der Waals surface area contributed by atoms with E-state index in [0.717, 1.165) is 38.2 Å². The molecule has 6 heteroatoms. The summed E-state index contributed by atoms with van der Waals surface area (Å²) in [6.07, 6.45) is 4.93. The molecule has 2 aliphatic heterocycles. The first kappa shape index (κ1) is 12.9. The van der Waals surface area contributed by atoms with Crippen LogP contribution in [0, 0.1) is 0 Å². The monoisotopic (exact) mass is 288 g/mol. The van der Waals surface area contributed by atoms with Crippen LogP contribution in [-0.2, 0) is 0 Å². The Balaban J connectivity index is 1.52. The smallest absolute Gasteiger partial charge is 0.255 e. The first-order valence-corrected chi connectivity index (χ1v) is 7.57. The number of fused-ring (bicyclic) bond motifs is 1. The van der Waals surface area contributed by atoms with Gasteiger partial charge in [0.2, 0.25) is 0 Å². The van der Waals surface area contributed by atoms with Gasteiger partial charge in [-0.2, -0.15) is 0 Å². The zero-order chi connectivity index (χ0) is 14.4. The van der Waals surface area contributed by atoms with Crippen molar-refractivity contribution in [1.29, 1.82) is 0 Å².